The molecule has 0 aliphatic rings. The Morgan fingerprint density at radius 1 is 1.47 bits per heavy atom. The quantitative estimate of drug-likeness (QED) is 0.727. The van der Waals surface area contributed by atoms with Gasteiger partial charge in [-0.1, -0.05) is 0 Å². The van der Waals surface area contributed by atoms with Gasteiger partial charge in [0.2, 0.25) is 0 Å². The number of esters is 1. The minimum atomic E-state index is -0.378. The Hall–Kier alpha value is -1.95. The standard InChI is InChI=1S/C11H14N4O2/c1-14(2)7-9-12-10-5-4-8(11(16)17-3)6-15(10)13-9/h4-6H,7H2,1-3H3. The van der Waals surface area contributed by atoms with Crippen LogP contribution in [0.25, 0.3) is 5.65 Å². The lowest BCUT2D eigenvalue weighted by atomic mass is 10.3. The van der Waals surface area contributed by atoms with E-state index < -0.39 is 0 Å². The van der Waals surface area contributed by atoms with Crippen molar-refractivity contribution < 1.29 is 9.53 Å². The van der Waals surface area contributed by atoms with Gasteiger partial charge in [0.1, 0.15) is 0 Å². The van der Waals surface area contributed by atoms with Gasteiger partial charge in [-0.05, 0) is 26.2 Å². The minimum absolute atomic E-state index is 0.378. The maximum atomic E-state index is 11.3. The smallest absolute Gasteiger partial charge is 0.339 e. The average Bonchev–Trinajstić information content (AvgIpc) is 2.67. The van der Waals surface area contributed by atoms with Crippen molar-refractivity contribution in [3.05, 3.63) is 29.7 Å². The van der Waals surface area contributed by atoms with E-state index in [2.05, 4.69) is 14.8 Å². The van der Waals surface area contributed by atoms with Gasteiger partial charge >= 0.3 is 5.97 Å². The van der Waals surface area contributed by atoms with Crippen LogP contribution in [0.15, 0.2) is 18.3 Å². The molecule has 0 fully saturated rings. The lowest BCUT2D eigenvalue weighted by Crippen LogP contribution is -2.11. The number of hydrogen-bond acceptors (Lipinski definition) is 5. The van der Waals surface area contributed by atoms with E-state index in [0.717, 1.165) is 11.5 Å². The van der Waals surface area contributed by atoms with Crippen molar-refractivity contribution in [1.29, 1.82) is 0 Å². The van der Waals surface area contributed by atoms with E-state index in [9.17, 15) is 4.79 Å². The normalized spacial score (nSPS) is 11.1. The van der Waals surface area contributed by atoms with Crippen LogP contribution >= 0.6 is 0 Å². The van der Waals surface area contributed by atoms with E-state index in [-0.39, 0.29) is 5.97 Å². The Kier molecular flexibility index (Phi) is 3.06. The summed E-state index contributed by atoms with van der Waals surface area (Å²) in [5.41, 5.74) is 1.18. The molecule has 2 aromatic rings. The Bertz CT molecular complexity index is 547. The number of fused-ring (bicyclic) bond motifs is 1. The van der Waals surface area contributed by atoms with Gasteiger partial charge in [-0.2, -0.15) is 0 Å². The second-order valence-electron chi connectivity index (χ2n) is 3.98. The SMILES string of the molecule is COC(=O)c1ccc2nc(CN(C)C)nn2c1. The summed E-state index contributed by atoms with van der Waals surface area (Å²) in [5, 5.41) is 4.29. The number of pyridine rings is 1. The van der Waals surface area contributed by atoms with Crippen molar-refractivity contribution in [1.82, 2.24) is 19.5 Å². The molecule has 0 saturated heterocycles. The van der Waals surface area contributed by atoms with Crippen LogP contribution in [-0.2, 0) is 11.3 Å². The van der Waals surface area contributed by atoms with Crippen LogP contribution in [0.3, 0.4) is 0 Å². The zero-order valence-corrected chi connectivity index (χ0v) is 10.0. The summed E-state index contributed by atoms with van der Waals surface area (Å²) in [6.45, 7) is 0.662. The van der Waals surface area contributed by atoms with Crippen molar-refractivity contribution in [3.63, 3.8) is 0 Å². The molecule has 2 heterocycles. The molecule has 0 unspecified atom stereocenters. The van der Waals surface area contributed by atoms with Crippen molar-refractivity contribution in [2.75, 3.05) is 21.2 Å². The first-order chi connectivity index (χ1) is 8.10. The molecule has 0 aliphatic carbocycles. The molecule has 0 atom stereocenters. The molecule has 0 bridgehead atoms. The number of carbonyl (C=O) groups is 1. The van der Waals surface area contributed by atoms with Gasteiger partial charge in [0.25, 0.3) is 0 Å². The highest BCUT2D eigenvalue weighted by Crippen LogP contribution is 2.07. The molecular formula is C11H14N4O2. The summed E-state index contributed by atoms with van der Waals surface area (Å²) < 4.78 is 6.24. The summed E-state index contributed by atoms with van der Waals surface area (Å²) in [7, 11) is 5.25. The minimum Gasteiger partial charge on any atom is -0.465 e. The molecule has 17 heavy (non-hydrogen) atoms. The number of aromatic nitrogens is 3. The predicted octanol–water partition coefficient (Wildman–Crippen LogP) is 0.577. The van der Waals surface area contributed by atoms with Crippen LogP contribution in [-0.4, -0.2) is 46.7 Å². The molecule has 90 valence electrons. The summed E-state index contributed by atoms with van der Waals surface area (Å²) in [5.74, 6) is 0.341. The zero-order chi connectivity index (χ0) is 12.4. The third-order valence-electron chi connectivity index (χ3n) is 2.25. The second kappa shape index (κ2) is 4.50. The summed E-state index contributed by atoms with van der Waals surface area (Å²) in [6, 6.07) is 3.42. The number of ether oxygens (including phenoxy) is 1. The lowest BCUT2D eigenvalue weighted by molar-refractivity contribution is 0.0600. The molecule has 0 saturated carbocycles. The van der Waals surface area contributed by atoms with Gasteiger partial charge in [-0.3, -0.25) is 0 Å². The van der Waals surface area contributed by atoms with Crippen molar-refractivity contribution in [3.8, 4) is 0 Å². The fourth-order valence-electron chi connectivity index (χ4n) is 1.52. The zero-order valence-electron chi connectivity index (χ0n) is 10.0. The van der Waals surface area contributed by atoms with Gasteiger partial charge in [0.05, 0.1) is 19.2 Å². The van der Waals surface area contributed by atoms with Crippen molar-refractivity contribution >= 4 is 11.6 Å². The molecule has 0 aliphatic heterocycles. The summed E-state index contributed by atoms with van der Waals surface area (Å²) >= 11 is 0. The Labute approximate surface area is 98.8 Å². The van der Waals surface area contributed by atoms with E-state index in [1.165, 1.54) is 7.11 Å². The van der Waals surface area contributed by atoms with Crippen LogP contribution < -0.4 is 0 Å². The number of nitrogens with zero attached hydrogens (tertiary/aromatic N) is 4. The third-order valence-corrected chi connectivity index (χ3v) is 2.25. The Morgan fingerprint density at radius 2 is 2.24 bits per heavy atom. The molecule has 6 heteroatoms. The van der Waals surface area contributed by atoms with Crippen LogP contribution in [0.5, 0.6) is 0 Å². The molecule has 0 radical (unpaired) electrons. The largest absolute Gasteiger partial charge is 0.465 e. The fourth-order valence-corrected chi connectivity index (χ4v) is 1.52. The fraction of sp³-hybridized carbons (Fsp3) is 0.364. The van der Waals surface area contributed by atoms with E-state index >= 15 is 0 Å². The van der Waals surface area contributed by atoms with Crippen LogP contribution in [0, 0.1) is 0 Å². The first-order valence-corrected chi connectivity index (χ1v) is 5.18. The Morgan fingerprint density at radius 3 is 2.88 bits per heavy atom. The first-order valence-electron chi connectivity index (χ1n) is 5.18. The maximum Gasteiger partial charge on any atom is 0.339 e. The van der Waals surface area contributed by atoms with Crippen molar-refractivity contribution in [2.45, 2.75) is 6.54 Å². The predicted molar refractivity (Wildman–Crippen MR) is 61.7 cm³/mol. The van der Waals surface area contributed by atoms with Crippen molar-refractivity contribution in [2.24, 2.45) is 0 Å². The van der Waals surface area contributed by atoms with Crippen LogP contribution in [0.2, 0.25) is 0 Å². The van der Waals surface area contributed by atoms with E-state index in [1.54, 1.807) is 22.8 Å². The summed E-state index contributed by atoms with van der Waals surface area (Å²) in [4.78, 5) is 17.7. The molecule has 6 nitrogen and oxygen atoms in total. The first kappa shape index (κ1) is 11.5. The van der Waals surface area contributed by atoms with E-state index in [1.807, 2.05) is 19.0 Å². The molecule has 0 N–H and O–H groups in total. The topological polar surface area (TPSA) is 59.7 Å². The average molecular weight is 234 g/mol. The van der Waals surface area contributed by atoms with Gasteiger partial charge < -0.3 is 9.64 Å². The van der Waals surface area contributed by atoms with Gasteiger partial charge in [-0.15, -0.1) is 5.10 Å². The molecule has 0 aromatic carbocycles. The monoisotopic (exact) mass is 234 g/mol. The van der Waals surface area contributed by atoms with E-state index in [0.29, 0.717) is 12.1 Å². The second-order valence-corrected chi connectivity index (χ2v) is 3.98. The van der Waals surface area contributed by atoms with Crippen LogP contribution in [0.4, 0.5) is 0 Å². The lowest BCUT2D eigenvalue weighted by Gasteiger charge is -2.03. The maximum absolute atomic E-state index is 11.3. The summed E-state index contributed by atoms with van der Waals surface area (Å²) in [6.07, 6.45) is 1.62. The molecule has 0 amide bonds. The number of methoxy groups -OCH3 is 1. The molecule has 2 aromatic heterocycles. The highest BCUT2D eigenvalue weighted by molar-refractivity contribution is 5.89. The highest BCUT2D eigenvalue weighted by Gasteiger charge is 2.09. The van der Waals surface area contributed by atoms with E-state index in [4.69, 9.17) is 0 Å². The Balaban J connectivity index is 2.37. The molecular weight excluding hydrogens is 220 g/mol. The molecule has 0 spiro atoms. The highest BCUT2D eigenvalue weighted by atomic mass is 16.5. The van der Waals surface area contributed by atoms with Gasteiger partial charge in [0.15, 0.2) is 11.5 Å². The van der Waals surface area contributed by atoms with Gasteiger partial charge in [0, 0.05) is 6.20 Å². The number of carbonyl (C=O) groups excluding carboxylic acids is 1. The number of rotatable bonds is 3. The van der Waals surface area contributed by atoms with Crippen LogP contribution in [0.1, 0.15) is 16.2 Å². The third kappa shape index (κ3) is 2.42. The number of hydrogen-bond donors (Lipinski definition) is 0. The molecule has 2 rings (SSSR count). The van der Waals surface area contributed by atoms with Gasteiger partial charge in [-0.25, -0.2) is 14.3 Å².